The highest BCUT2D eigenvalue weighted by molar-refractivity contribution is 5.79. The number of likely N-dealkylation sites (N-methyl/N-ethyl adjacent to an activating group) is 2. The Kier molecular flexibility index (Phi) is 6.90. The van der Waals surface area contributed by atoms with Crippen LogP contribution in [-0.2, 0) is 43.4 Å². The summed E-state index contributed by atoms with van der Waals surface area (Å²) >= 11 is 0. The van der Waals surface area contributed by atoms with Crippen LogP contribution in [0.15, 0.2) is 18.2 Å². The van der Waals surface area contributed by atoms with Crippen LogP contribution in [0, 0.1) is 0 Å². The lowest BCUT2D eigenvalue weighted by molar-refractivity contribution is -0.449. The van der Waals surface area contributed by atoms with Crippen LogP contribution < -0.4 is 16.0 Å². The lowest BCUT2D eigenvalue weighted by Gasteiger charge is -2.58. The number of nitrogens with one attached hydrogen (secondary N) is 3. The van der Waals surface area contributed by atoms with Crippen molar-refractivity contribution in [2.45, 2.75) is 93.7 Å². The molecule has 1 aliphatic carbocycles. The fraction of sp³-hybridized carbons (Fsp3) is 0.708. The molecule has 0 aromatic heterocycles. The second-order valence-corrected chi connectivity index (χ2v) is 9.95. The van der Waals surface area contributed by atoms with Crippen molar-refractivity contribution in [2.75, 3.05) is 14.1 Å². The molecule has 6 N–H and O–H groups in total. The molecule has 5 rings (SSSR count). The molecule has 4 unspecified atom stereocenters. The zero-order valence-electron chi connectivity index (χ0n) is 20.1. The van der Waals surface area contributed by atoms with Gasteiger partial charge < -0.3 is 50.2 Å². The van der Waals surface area contributed by atoms with Crippen molar-refractivity contribution in [1.29, 1.82) is 0 Å². The van der Waals surface area contributed by atoms with Gasteiger partial charge in [0.25, 0.3) is 0 Å². The van der Waals surface area contributed by atoms with Gasteiger partial charge in [0.1, 0.15) is 18.3 Å². The molecule has 0 bridgehead atoms. The quantitative estimate of drug-likeness (QED) is 0.279. The van der Waals surface area contributed by atoms with Crippen molar-refractivity contribution in [3.63, 3.8) is 0 Å². The van der Waals surface area contributed by atoms with E-state index in [0.717, 1.165) is 16.7 Å². The highest BCUT2D eigenvalue weighted by atomic mass is 16.8. The third-order valence-electron chi connectivity index (χ3n) is 7.64. The van der Waals surface area contributed by atoms with E-state index in [1.165, 1.54) is 0 Å². The summed E-state index contributed by atoms with van der Waals surface area (Å²) in [4.78, 5) is 13.0. The standard InChI is InChI=1S/C24H35N3O8/c1-11-6-15(27-16(28)8-12-4-5-13-9-32-10-14(13)7-12)24(31)23(33-11)34-22-20(30)17(25-2)19(29)18(26-3)21(22)35-24/h4-5,7,11,15,17-23,25-26,29-31H,6,8-10H2,1-3H3,(H,27,28)/t11-,15-,17-,18?,19+,20+,21?,22?,23?,24+/m1/s1. The molecule has 3 fully saturated rings. The summed E-state index contributed by atoms with van der Waals surface area (Å²) in [7, 11) is 3.30. The van der Waals surface area contributed by atoms with Crippen LogP contribution >= 0.6 is 0 Å². The van der Waals surface area contributed by atoms with Crippen LogP contribution in [0.25, 0.3) is 0 Å². The monoisotopic (exact) mass is 493 g/mol. The molecule has 3 heterocycles. The summed E-state index contributed by atoms with van der Waals surface area (Å²) in [5.41, 5.74) is 3.06. The van der Waals surface area contributed by atoms with Gasteiger partial charge in [0.2, 0.25) is 18.0 Å². The number of aliphatic hydroxyl groups excluding tert-OH is 2. The van der Waals surface area contributed by atoms with Crippen molar-refractivity contribution >= 4 is 5.91 Å². The topological polar surface area (TPSA) is 151 Å². The fourth-order valence-corrected chi connectivity index (χ4v) is 5.78. The van der Waals surface area contributed by atoms with Crippen molar-refractivity contribution in [3.05, 3.63) is 34.9 Å². The molecule has 194 valence electrons. The SMILES string of the molecule is CNC1C2O[C@]3(O)C(OC2[C@@H](O)[C@H](NC)[C@@H]1O)O[C@H](C)C[C@H]3NC(=O)Cc1ccc2c(c1)COC2. The average molecular weight is 494 g/mol. The van der Waals surface area contributed by atoms with Gasteiger partial charge >= 0.3 is 0 Å². The van der Waals surface area contributed by atoms with E-state index in [2.05, 4.69) is 16.0 Å². The number of fused-ring (bicyclic) bond motifs is 3. The highest BCUT2D eigenvalue weighted by Gasteiger charge is 2.63. The molecule has 2 saturated heterocycles. The van der Waals surface area contributed by atoms with Gasteiger partial charge in [0.15, 0.2) is 0 Å². The van der Waals surface area contributed by atoms with Crippen LogP contribution in [0.1, 0.15) is 30.0 Å². The Morgan fingerprint density at radius 2 is 1.80 bits per heavy atom. The van der Waals surface area contributed by atoms with Gasteiger partial charge in [0.05, 0.1) is 50.0 Å². The first-order valence-corrected chi connectivity index (χ1v) is 12.1. The number of ether oxygens (including phenoxy) is 4. The highest BCUT2D eigenvalue weighted by Crippen LogP contribution is 2.42. The molecule has 1 saturated carbocycles. The zero-order valence-corrected chi connectivity index (χ0v) is 20.1. The number of benzene rings is 1. The smallest absolute Gasteiger partial charge is 0.239 e. The van der Waals surface area contributed by atoms with E-state index < -0.39 is 54.6 Å². The van der Waals surface area contributed by atoms with E-state index in [1.54, 1.807) is 14.1 Å². The van der Waals surface area contributed by atoms with E-state index in [1.807, 2.05) is 25.1 Å². The summed E-state index contributed by atoms with van der Waals surface area (Å²) < 4.78 is 23.5. The number of hydrogen-bond acceptors (Lipinski definition) is 10. The number of carbonyl (C=O) groups excluding carboxylic acids is 1. The molecule has 35 heavy (non-hydrogen) atoms. The van der Waals surface area contributed by atoms with Gasteiger partial charge in [-0.05, 0) is 44.1 Å². The molecule has 3 aliphatic heterocycles. The summed E-state index contributed by atoms with van der Waals surface area (Å²) in [6.07, 6.45) is -5.00. The maximum absolute atomic E-state index is 13.0. The lowest BCUT2D eigenvalue weighted by atomic mass is 9.79. The maximum atomic E-state index is 13.0. The van der Waals surface area contributed by atoms with Crippen LogP contribution in [0.3, 0.4) is 0 Å². The maximum Gasteiger partial charge on any atom is 0.239 e. The van der Waals surface area contributed by atoms with E-state index in [4.69, 9.17) is 18.9 Å². The molecule has 1 amide bonds. The third kappa shape index (κ3) is 4.39. The Hall–Kier alpha value is -1.67. The molecular formula is C24H35N3O8. The Morgan fingerprint density at radius 3 is 2.54 bits per heavy atom. The minimum absolute atomic E-state index is 0.132. The van der Waals surface area contributed by atoms with Gasteiger partial charge in [-0.3, -0.25) is 4.79 Å². The Labute approximate surface area is 204 Å². The number of hydrogen-bond donors (Lipinski definition) is 6. The number of aliphatic hydroxyl groups is 3. The van der Waals surface area contributed by atoms with Gasteiger partial charge in [-0.25, -0.2) is 0 Å². The van der Waals surface area contributed by atoms with Gasteiger partial charge in [-0.1, -0.05) is 18.2 Å². The second kappa shape index (κ2) is 9.66. The molecular weight excluding hydrogens is 458 g/mol. The molecule has 10 atom stereocenters. The number of amides is 1. The predicted molar refractivity (Wildman–Crippen MR) is 122 cm³/mol. The molecule has 0 radical (unpaired) electrons. The molecule has 1 aromatic carbocycles. The average Bonchev–Trinajstić information content (AvgIpc) is 3.28. The fourth-order valence-electron chi connectivity index (χ4n) is 5.78. The van der Waals surface area contributed by atoms with E-state index in [9.17, 15) is 20.1 Å². The molecule has 11 heteroatoms. The first kappa shape index (κ1) is 25.0. The minimum Gasteiger partial charge on any atom is -0.390 e. The normalized spacial score (nSPS) is 42.6. The van der Waals surface area contributed by atoms with E-state index >= 15 is 0 Å². The Bertz CT molecular complexity index is 949. The van der Waals surface area contributed by atoms with Gasteiger partial charge in [-0.2, -0.15) is 0 Å². The largest absolute Gasteiger partial charge is 0.390 e. The van der Waals surface area contributed by atoms with Gasteiger partial charge in [0, 0.05) is 0 Å². The minimum atomic E-state index is -2.00. The third-order valence-corrected chi connectivity index (χ3v) is 7.64. The van der Waals surface area contributed by atoms with Crippen molar-refractivity contribution in [2.24, 2.45) is 0 Å². The van der Waals surface area contributed by atoms with Gasteiger partial charge in [-0.15, -0.1) is 0 Å². The van der Waals surface area contributed by atoms with Crippen molar-refractivity contribution < 1.29 is 39.1 Å². The van der Waals surface area contributed by atoms with Crippen LogP contribution in [0.5, 0.6) is 0 Å². The number of rotatable bonds is 5. The molecule has 1 aromatic rings. The summed E-state index contributed by atoms with van der Waals surface area (Å²) in [6.45, 7) is 2.94. The molecule has 0 spiro atoms. The first-order chi connectivity index (χ1) is 16.7. The van der Waals surface area contributed by atoms with Crippen LogP contribution in [-0.4, -0.2) is 96.0 Å². The van der Waals surface area contributed by atoms with Crippen LogP contribution in [0.4, 0.5) is 0 Å². The Morgan fingerprint density at radius 1 is 1.06 bits per heavy atom. The Balaban J connectivity index is 1.34. The second-order valence-electron chi connectivity index (χ2n) is 9.95. The summed E-state index contributed by atoms with van der Waals surface area (Å²) in [5.74, 6) is -2.28. The van der Waals surface area contributed by atoms with Crippen molar-refractivity contribution in [3.8, 4) is 0 Å². The number of carbonyl (C=O) groups is 1. The molecule has 4 aliphatic rings. The van der Waals surface area contributed by atoms with E-state index in [-0.39, 0.29) is 18.4 Å². The van der Waals surface area contributed by atoms with Crippen LogP contribution in [0.2, 0.25) is 0 Å². The van der Waals surface area contributed by atoms with Crippen molar-refractivity contribution in [1.82, 2.24) is 16.0 Å². The summed E-state index contributed by atoms with van der Waals surface area (Å²) in [5, 5.41) is 42.1. The summed E-state index contributed by atoms with van der Waals surface area (Å²) in [6, 6.07) is 3.71. The first-order valence-electron chi connectivity index (χ1n) is 12.1. The molecule has 11 nitrogen and oxygen atoms in total. The lowest BCUT2D eigenvalue weighted by Crippen LogP contribution is -2.79. The predicted octanol–water partition coefficient (Wildman–Crippen LogP) is -1.74. The zero-order chi connectivity index (χ0) is 24.9. The van der Waals surface area contributed by atoms with E-state index in [0.29, 0.717) is 19.6 Å².